The van der Waals surface area contributed by atoms with Crippen LogP contribution in [0.5, 0.6) is 0 Å². The molecule has 0 aliphatic heterocycles. The number of carbonyl (C=O) groups excluding carboxylic acids is 1. The Kier molecular flexibility index (Phi) is 4.39. The maximum atomic E-state index is 11.3. The van der Waals surface area contributed by atoms with Gasteiger partial charge >= 0.3 is 0 Å². The van der Waals surface area contributed by atoms with Crippen molar-refractivity contribution in [3.63, 3.8) is 0 Å². The Balaban J connectivity index is 2.57. The third kappa shape index (κ3) is 3.77. The summed E-state index contributed by atoms with van der Waals surface area (Å²) in [7, 11) is 0. The van der Waals surface area contributed by atoms with Crippen molar-refractivity contribution in [1.82, 2.24) is 0 Å². The Labute approximate surface area is 93.4 Å². The quantitative estimate of drug-likeness (QED) is 0.774. The van der Waals surface area contributed by atoms with Gasteiger partial charge in [0.05, 0.1) is 10.7 Å². The number of amides is 1. The predicted molar refractivity (Wildman–Crippen MR) is 61.0 cm³/mol. The highest BCUT2D eigenvalue weighted by Gasteiger charge is 2.03. The van der Waals surface area contributed by atoms with E-state index in [1.54, 1.807) is 18.2 Å². The summed E-state index contributed by atoms with van der Waals surface area (Å²) in [6.45, 7) is 2.38. The molecule has 0 aliphatic carbocycles. The Morgan fingerprint density at radius 1 is 1.60 bits per heavy atom. The smallest absolute Gasteiger partial charge is 0.250 e. The van der Waals surface area contributed by atoms with Gasteiger partial charge in [-0.15, -0.1) is 0 Å². The largest absolute Gasteiger partial charge is 0.398 e. The summed E-state index contributed by atoms with van der Waals surface area (Å²) in [6, 6.07) is 4.92. The predicted octanol–water partition coefficient (Wildman–Crippen LogP) is 1.90. The number of hydrogen-bond donors (Lipinski definition) is 2. The molecule has 0 fully saturated rings. The van der Waals surface area contributed by atoms with Gasteiger partial charge in [0.15, 0.2) is 0 Å². The molecule has 0 heterocycles. The molecule has 1 aromatic carbocycles. The van der Waals surface area contributed by atoms with Crippen LogP contribution in [0, 0.1) is 0 Å². The molecule has 1 amide bonds. The average molecular weight is 229 g/mol. The molecule has 0 bridgehead atoms. The molecular weight excluding hydrogens is 216 g/mol. The number of nitrogen functional groups attached to an aromatic ring is 1. The number of rotatable bonds is 4. The molecule has 0 aliphatic rings. The molecule has 0 radical (unpaired) electrons. The highest BCUT2D eigenvalue weighted by atomic mass is 35.5. The normalized spacial score (nSPS) is 10.0. The van der Waals surface area contributed by atoms with E-state index in [1.807, 2.05) is 6.92 Å². The Hall–Kier alpha value is -1.26. The summed E-state index contributed by atoms with van der Waals surface area (Å²) in [5.41, 5.74) is 6.63. The van der Waals surface area contributed by atoms with Gasteiger partial charge < -0.3 is 15.8 Å². The summed E-state index contributed by atoms with van der Waals surface area (Å²) in [5, 5.41) is 3.06. The second-order valence-corrected chi connectivity index (χ2v) is 3.33. The van der Waals surface area contributed by atoms with Crippen LogP contribution in [-0.4, -0.2) is 19.1 Å². The van der Waals surface area contributed by atoms with Gasteiger partial charge in [-0.1, -0.05) is 11.6 Å². The fourth-order valence-corrected chi connectivity index (χ4v) is 1.18. The van der Waals surface area contributed by atoms with Crippen molar-refractivity contribution < 1.29 is 9.53 Å². The first-order valence-corrected chi connectivity index (χ1v) is 4.94. The molecule has 0 spiro atoms. The molecule has 15 heavy (non-hydrogen) atoms. The maximum Gasteiger partial charge on any atom is 0.250 e. The van der Waals surface area contributed by atoms with E-state index < -0.39 is 0 Å². The Bertz CT molecular complexity index is 355. The van der Waals surface area contributed by atoms with Gasteiger partial charge in [0, 0.05) is 12.3 Å². The second kappa shape index (κ2) is 5.58. The molecule has 0 saturated carbocycles. The van der Waals surface area contributed by atoms with E-state index in [1.165, 1.54) is 0 Å². The number of anilines is 2. The van der Waals surface area contributed by atoms with Crippen LogP contribution in [0.2, 0.25) is 5.02 Å². The van der Waals surface area contributed by atoms with Gasteiger partial charge in [-0.05, 0) is 25.1 Å². The summed E-state index contributed by atoms with van der Waals surface area (Å²) < 4.78 is 4.95. The number of ether oxygens (including phenoxy) is 1. The third-order valence-corrected chi connectivity index (χ3v) is 2.05. The maximum absolute atomic E-state index is 11.3. The molecular formula is C10H13ClN2O2. The Morgan fingerprint density at radius 2 is 2.33 bits per heavy atom. The molecule has 3 N–H and O–H groups in total. The van der Waals surface area contributed by atoms with Gasteiger partial charge in [0.25, 0.3) is 0 Å². The zero-order chi connectivity index (χ0) is 11.3. The van der Waals surface area contributed by atoms with Crippen molar-refractivity contribution in [2.24, 2.45) is 0 Å². The van der Waals surface area contributed by atoms with Crippen molar-refractivity contribution in [2.45, 2.75) is 6.92 Å². The van der Waals surface area contributed by atoms with Crippen molar-refractivity contribution in [1.29, 1.82) is 0 Å². The van der Waals surface area contributed by atoms with Crippen molar-refractivity contribution >= 4 is 28.9 Å². The van der Waals surface area contributed by atoms with E-state index >= 15 is 0 Å². The summed E-state index contributed by atoms with van der Waals surface area (Å²) >= 11 is 5.79. The fraction of sp³-hybridized carbons (Fsp3) is 0.300. The minimum absolute atomic E-state index is 0.0402. The lowest BCUT2D eigenvalue weighted by Gasteiger charge is -2.06. The summed E-state index contributed by atoms with van der Waals surface area (Å²) in [4.78, 5) is 11.3. The minimum atomic E-state index is -0.210. The summed E-state index contributed by atoms with van der Waals surface area (Å²) in [6.07, 6.45) is 0. The summed E-state index contributed by atoms with van der Waals surface area (Å²) in [5.74, 6) is -0.210. The van der Waals surface area contributed by atoms with Crippen molar-refractivity contribution in [2.75, 3.05) is 24.3 Å². The highest BCUT2D eigenvalue weighted by Crippen LogP contribution is 2.22. The molecule has 0 aromatic heterocycles. The zero-order valence-electron chi connectivity index (χ0n) is 8.42. The number of hydrogen-bond acceptors (Lipinski definition) is 3. The first kappa shape index (κ1) is 11.8. The molecule has 4 nitrogen and oxygen atoms in total. The van der Waals surface area contributed by atoms with Gasteiger partial charge in [0.1, 0.15) is 6.61 Å². The minimum Gasteiger partial charge on any atom is -0.398 e. The van der Waals surface area contributed by atoms with Crippen LogP contribution >= 0.6 is 11.6 Å². The number of benzene rings is 1. The van der Waals surface area contributed by atoms with E-state index in [9.17, 15) is 4.79 Å². The van der Waals surface area contributed by atoms with Crippen LogP contribution in [0.25, 0.3) is 0 Å². The zero-order valence-corrected chi connectivity index (χ0v) is 9.17. The highest BCUT2D eigenvalue weighted by molar-refractivity contribution is 6.33. The van der Waals surface area contributed by atoms with E-state index in [0.29, 0.717) is 23.0 Å². The van der Waals surface area contributed by atoms with Gasteiger partial charge in [0.2, 0.25) is 5.91 Å². The molecule has 1 rings (SSSR count). The SMILES string of the molecule is CCOCC(=O)Nc1ccc(N)c(Cl)c1. The van der Waals surface area contributed by atoms with Gasteiger partial charge in [-0.3, -0.25) is 4.79 Å². The molecule has 0 atom stereocenters. The van der Waals surface area contributed by atoms with Crippen LogP contribution in [-0.2, 0) is 9.53 Å². The Morgan fingerprint density at radius 3 is 2.93 bits per heavy atom. The van der Waals surface area contributed by atoms with Crippen molar-refractivity contribution in [3.8, 4) is 0 Å². The van der Waals surface area contributed by atoms with Crippen LogP contribution in [0.15, 0.2) is 18.2 Å². The standard InChI is InChI=1S/C10H13ClN2O2/c1-2-15-6-10(14)13-7-3-4-9(12)8(11)5-7/h3-5H,2,6,12H2,1H3,(H,13,14). The van der Waals surface area contributed by atoms with E-state index in [4.69, 9.17) is 22.1 Å². The number of nitrogens with one attached hydrogen (secondary N) is 1. The number of carbonyl (C=O) groups is 1. The first-order chi connectivity index (χ1) is 7.13. The lowest BCUT2D eigenvalue weighted by atomic mass is 10.3. The van der Waals surface area contributed by atoms with E-state index in [0.717, 1.165) is 0 Å². The molecule has 0 saturated heterocycles. The third-order valence-electron chi connectivity index (χ3n) is 1.72. The number of nitrogens with two attached hydrogens (primary N) is 1. The van der Waals surface area contributed by atoms with Gasteiger partial charge in [-0.2, -0.15) is 0 Å². The van der Waals surface area contributed by atoms with E-state index in [-0.39, 0.29) is 12.5 Å². The lowest BCUT2D eigenvalue weighted by Crippen LogP contribution is -2.18. The molecule has 5 heteroatoms. The van der Waals surface area contributed by atoms with Crippen LogP contribution in [0.4, 0.5) is 11.4 Å². The second-order valence-electron chi connectivity index (χ2n) is 2.92. The molecule has 82 valence electrons. The average Bonchev–Trinajstić information content (AvgIpc) is 2.20. The first-order valence-electron chi connectivity index (χ1n) is 4.56. The van der Waals surface area contributed by atoms with Crippen LogP contribution in [0.3, 0.4) is 0 Å². The van der Waals surface area contributed by atoms with Crippen molar-refractivity contribution in [3.05, 3.63) is 23.2 Å². The lowest BCUT2D eigenvalue weighted by molar-refractivity contribution is -0.120. The molecule has 1 aromatic rings. The monoisotopic (exact) mass is 228 g/mol. The van der Waals surface area contributed by atoms with Crippen LogP contribution < -0.4 is 11.1 Å². The molecule has 0 unspecified atom stereocenters. The topological polar surface area (TPSA) is 64.3 Å². The fourth-order valence-electron chi connectivity index (χ4n) is 0.997. The van der Waals surface area contributed by atoms with E-state index in [2.05, 4.69) is 5.32 Å². The number of halogens is 1. The van der Waals surface area contributed by atoms with Gasteiger partial charge in [-0.25, -0.2) is 0 Å². The van der Waals surface area contributed by atoms with Crippen LogP contribution in [0.1, 0.15) is 6.92 Å².